The second-order valence-corrected chi connectivity index (χ2v) is 8.93. The number of ether oxygens (including phenoxy) is 1. The van der Waals surface area contributed by atoms with E-state index >= 15 is 0 Å². The summed E-state index contributed by atoms with van der Waals surface area (Å²) in [6, 6.07) is 0. The lowest BCUT2D eigenvalue weighted by atomic mass is 9.74. The van der Waals surface area contributed by atoms with Crippen molar-refractivity contribution >= 4 is 5.97 Å². The van der Waals surface area contributed by atoms with Crippen LogP contribution in [0, 0.1) is 28.6 Å². The molecule has 4 saturated carbocycles. The Bertz CT molecular complexity index is 480. The van der Waals surface area contributed by atoms with Crippen molar-refractivity contribution in [1.82, 2.24) is 5.32 Å². The zero-order chi connectivity index (χ0) is 18.8. The smallest absolute Gasteiger partial charge is 0.306 e. The Labute approximate surface area is 159 Å². The molecule has 2 N–H and O–H groups in total. The number of rotatable bonds is 3. The molecule has 4 nitrogen and oxygen atoms in total. The zero-order valence-electron chi connectivity index (χ0n) is 17.1. The van der Waals surface area contributed by atoms with Gasteiger partial charge in [-0.2, -0.15) is 0 Å². The van der Waals surface area contributed by atoms with Gasteiger partial charge in [0.05, 0.1) is 13.0 Å². The van der Waals surface area contributed by atoms with Crippen molar-refractivity contribution in [1.29, 1.82) is 0 Å². The van der Waals surface area contributed by atoms with E-state index in [1.807, 2.05) is 20.8 Å². The fourth-order valence-electron chi connectivity index (χ4n) is 6.18. The van der Waals surface area contributed by atoms with Gasteiger partial charge in [-0.1, -0.05) is 20.8 Å². The molecule has 4 aliphatic carbocycles. The maximum absolute atomic E-state index is 11.7. The first-order valence-electron chi connectivity index (χ1n) is 11.2. The summed E-state index contributed by atoms with van der Waals surface area (Å²) in [5, 5.41) is 11.1. The van der Waals surface area contributed by atoms with Gasteiger partial charge < -0.3 is 15.2 Å². The van der Waals surface area contributed by atoms with E-state index < -0.39 is 0 Å². The number of aliphatic hydroxyl groups is 1. The predicted molar refractivity (Wildman–Crippen MR) is 104 cm³/mol. The molecule has 0 aromatic heterocycles. The fraction of sp³-hybridized carbons (Fsp3) is 0.955. The molecule has 5 rings (SSSR count). The number of aliphatic hydroxyl groups excluding tert-OH is 1. The highest BCUT2D eigenvalue weighted by Gasteiger charge is 2.68. The summed E-state index contributed by atoms with van der Waals surface area (Å²) in [5.41, 5.74) is 1.33. The van der Waals surface area contributed by atoms with Crippen molar-refractivity contribution in [2.24, 2.45) is 28.6 Å². The second kappa shape index (κ2) is 8.18. The minimum atomic E-state index is 0.0956. The lowest BCUT2D eigenvalue weighted by Crippen LogP contribution is -2.34. The molecule has 0 bridgehead atoms. The minimum Gasteiger partial charge on any atom is -0.462 e. The maximum Gasteiger partial charge on any atom is 0.306 e. The highest BCUT2D eigenvalue weighted by atomic mass is 16.6. The van der Waals surface area contributed by atoms with Crippen molar-refractivity contribution in [3.05, 3.63) is 0 Å². The molecule has 0 aromatic carbocycles. The van der Waals surface area contributed by atoms with E-state index in [9.17, 15) is 4.79 Å². The Kier molecular flexibility index (Phi) is 6.33. The van der Waals surface area contributed by atoms with Crippen LogP contribution in [0.4, 0.5) is 0 Å². The van der Waals surface area contributed by atoms with E-state index in [0.29, 0.717) is 22.9 Å². The summed E-state index contributed by atoms with van der Waals surface area (Å²) in [6.45, 7) is 7.92. The van der Waals surface area contributed by atoms with Crippen molar-refractivity contribution in [3.8, 4) is 0 Å². The highest BCUT2D eigenvalue weighted by molar-refractivity contribution is 5.72. The molecule has 5 aliphatic rings. The Hall–Kier alpha value is -0.610. The topological polar surface area (TPSA) is 58.6 Å². The summed E-state index contributed by atoms with van der Waals surface area (Å²) in [5.74, 6) is 2.32. The van der Waals surface area contributed by atoms with Gasteiger partial charge >= 0.3 is 5.97 Å². The van der Waals surface area contributed by atoms with Crippen LogP contribution in [0.15, 0.2) is 0 Å². The number of hydrogen-bond acceptors (Lipinski definition) is 4. The number of carbonyl (C=O) groups is 1. The number of likely N-dealkylation sites (N-methyl/N-ethyl adjacent to an activating group) is 1. The normalized spacial score (nSPS) is 36.7. The summed E-state index contributed by atoms with van der Waals surface area (Å²) in [6.07, 6.45) is 12.3. The van der Waals surface area contributed by atoms with E-state index in [2.05, 4.69) is 5.32 Å². The van der Waals surface area contributed by atoms with Crippen LogP contribution in [0.5, 0.6) is 0 Å². The summed E-state index contributed by atoms with van der Waals surface area (Å²) >= 11 is 0. The first-order chi connectivity index (χ1) is 12.6. The molecular weight excluding hydrogens is 326 g/mol. The van der Waals surface area contributed by atoms with Gasteiger partial charge in [0.2, 0.25) is 0 Å². The van der Waals surface area contributed by atoms with Gasteiger partial charge in [-0.15, -0.1) is 0 Å². The third-order valence-corrected chi connectivity index (χ3v) is 7.73. The molecule has 4 atom stereocenters. The van der Waals surface area contributed by atoms with Crippen LogP contribution >= 0.6 is 0 Å². The van der Waals surface area contributed by atoms with Crippen molar-refractivity contribution in [2.75, 3.05) is 19.7 Å². The van der Waals surface area contributed by atoms with Crippen molar-refractivity contribution in [3.63, 3.8) is 0 Å². The van der Waals surface area contributed by atoms with Crippen molar-refractivity contribution < 1.29 is 14.6 Å². The summed E-state index contributed by atoms with van der Waals surface area (Å²) < 4.78 is 5.82. The largest absolute Gasteiger partial charge is 0.462 e. The molecule has 150 valence electrons. The maximum atomic E-state index is 11.7. The van der Waals surface area contributed by atoms with Gasteiger partial charge in [0, 0.05) is 18.4 Å². The quantitative estimate of drug-likeness (QED) is 0.588. The number of carbonyl (C=O) groups excluding carboxylic acids is 1. The van der Waals surface area contributed by atoms with E-state index in [0.717, 1.165) is 31.3 Å². The van der Waals surface area contributed by atoms with Gasteiger partial charge in [0.15, 0.2) is 0 Å². The summed E-state index contributed by atoms with van der Waals surface area (Å²) in [4.78, 5) is 11.7. The predicted octanol–water partition coefficient (Wildman–Crippen LogP) is 3.91. The number of esters is 1. The van der Waals surface area contributed by atoms with Crippen LogP contribution in [0.25, 0.3) is 0 Å². The van der Waals surface area contributed by atoms with Crippen LogP contribution in [-0.2, 0) is 9.53 Å². The van der Waals surface area contributed by atoms with Gasteiger partial charge in [0.25, 0.3) is 0 Å². The third-order valence-electron chi connectivity index (χ3n) is 7.73. The van der Waals surface area contributed by atoms with Gasteiger partial charge in [-0.05, 0) is 74.7 Å². The van der Waals surface area contributed by atoms with E-state index in [1.165, 1.54) is 51.4 Å². The van der Waals surface area contributed by atoms with Gasteiger partial charge in [0.1, 0.15) is 6.10 Å². The molecule has 26 heavy (non-hydrogen) atoms. The molecule has 0 aromatic rings. The highest BCUT2D eigenvalue weighted by Crippen LogP contribution is 2.74. The molecule has 4 heteroatoms. The molecule has 1 aliphatic heterocycles. The standard InChI is InChI=1S/C16H22O2.C4H11NO.C2H6/c17-12-9-10-1-3-15(5-6-15)11-2-4-16(7-8-16)13(11)14(10)18-12;1-2-5-3-4-6;1-2/h10-11,13-14H,1-9H2;5-6H,2-4H2,1H3;1-2H3/t10-,11?,13?,14-;;/m0../s1. The van der Waals surface area contributed by atoms with E-state index in [1.54, 1.807) is 0 Å². The Balaban J connectivity index is 0.000000213. The summed E-state index contributed by atoms with van der Waals surface area (Å²) in [7, 11) is 0. The van der Waals surface area contributed by atoms with Gasteiger partial charge in [-0.3, -0.25) is 4.79 Å². The van der Waals surface area contributed by atoms with E-state index in [-0.39, 0.29) is 12.6 Å². The third kappa shape index (κ3) is 3.69. The first-order valence-corrected chi connectivity index (χ1v) is 11.2. The molecular formula is C22H39NO3. The Morgan fingerprint density at radius 3 is 2.27 bits per heavy atom. The molecule has 5 fully saturated rings. The number of nitrogens with one attached hydrogen (secondary N) is 1. The van der Waals surface area contributed by atoms with Crippen LogP contribution in [-0.4, -0.2) is 36.9 Å². The minimum absolute atomic E-state index is 0.0956. The average Bonchev–Trinajstić information content (AvgIpc) is 3.54. The molecule has 2 spiro atoms. The molecule has 0 amide bonds. The van der Waals surface area contributed by atoms with Crippen LogP contribution in [0.1, 0.15) is 78.6 Å². The number of fused-ring (bicyclic) bond motifs is 5. The van der Waals surface area contributed by atoms with E-state index in [4.69, 9.17) is 9.84 Å². The number of hydrogen-bond donors (Lipinski definition) is 2. The average molecular weight is 366 g/mol. The second-order valence-electron chi connectivity index (χ2n) is 8.93. The molecule has 1 saturated heterocycles. The molecule has 0 radical (unpaired) electrons. The van der Waals surface area contributed by atoms with Gasteiger partial charge in [-0.25, -0.2) is 0 Å². The van der Waals surface area contributed by atoms with Crippen LogP contribution in [0.2, 0.25) is 0 Å². The lowest BCUT2D eigenvalue weighted by Gasteiger charge is -2.33. The van der Waals surface area contributed by atoms with Crippen LogP contribution in [0.3, 0.4) is 0 Å². The zero-order valence-corrected chi connectivity index (χ0v) is 17.1. The SMILES string of the molecule is CC.CCNCCO.O=C1C[C@@H]2CCC3(CC3)C3CCC4(CC4)C3[C@H]2O1. The first kappa shape index (κ1) is 20.1. The van der Waals surface area contributed by atoms with Crippen LogP contribution < -0.4 is 5.32 Å². The fourth-order valence-corrected chi connectivity index (χ4v) is 6.18. The Morgan fingerprint density at radius 1 is 1.08 bits per heavy atom. The lowest BCUT2D eigenvalue weighted by molar-refractivity contribution is -0.145. The Morgan fingerprint density at radius 2 is 1.73 bits per heavy atom. The monoisotopic (exact) mass is 365 g/mol. The van der Waals surface area contributed by atoms with Crippen molar-refractivity contribution in [2.45, 2.75) is 84.7 Å². The molecule has 1 heterocycles. The molecule has 2 unspecified atom stereocenters.